The Bertz CT molecular complexity index is 1080. The van der Waals surface area contributed by atoms with Crippen LogP contribution in [0, 0.1) is 0 Å². The zero-order valence-electron chi connectivity index (χ0n) is 15.7. The van der Waals surface area contributed by atoms with Crippen molar-refractivity contribution in [3.63, 3.8) is 0 Å². The summed E-state index contributed by atoms with van der Waals surface area (Å²) >= 11 is 6.25. The topological polar surface area (TPSA) is 64.6 Å². The number of sulfonamides is 1. The van der Waals surface area contributed by atoms with Gasteiger partial charge in [0.2, 0.25) is 10.0 Å². The van der Waals surface area contributed by atoms with E-state index in [0.717, 1.165) is 10.9 Å². The molecule has 0 saturated heterocycles. The highest BCUT2D eigenvalue weighted by Crippen LogP contribution is 2.30. The van der Waals surface area contributed by atoms with E-state index in [9.17, 15) is 8.42 Å². The number of rotatable bonds is 8. The second-order valence-electron chi connectivity index (χ2n) is 6.16. The molecular formula is C21H22ClNO4S. The Morgan fingerprint density at radius 2 is 1.79 bits per heavy atom. The minimum Gasteiger partial charge on any atom is -0.493 e. The van der Waals surface area contributed by atoms with Gasteiger partial charge in [-0.15, -0.1) is 0 Å². The Morgan fingerprint density at radius 3 is 2.50 bits per heavy atom. The van der Waals surface area contributed by atoms with E-state index in [4.69, 9.17) is 21.1 Å². The highest BCUT2D eigenvalue weighted by atomic mass is 35.5. The first kappa shape index (κ1) is 20.5. The quantitative estimate of drug-likeness (QED) is 0.587. The summed E-state index contributed by atoms with van der Waals surface area (Å²) in [5.74, 6) is 1.29. The van der Waals surface area contributed by atoms with Crippen molar-refractivity contribution < 1.29 is 17.9 Å². The minimum atomic E-state index is -3.70. The molecule has 1 N–H and O–H groups in total. The smallest absolute Gasteiger partial charge is 0.241 e. The second kappa shape index (κ2) is 8.82. The van der Waals surface area contributed by atoms with Gasteiger partial charge in [0.15, 0.2) is 11.5 Å². The molecule has 3 aromatic rings. The van der Waals surface area contributed by atoms with Crippen molar-refractivity contribution in [1.82, 2.24) is 4.72 Å². The fourth-order valence-electron chi connectivity index (χ4n) is 3.04. The van der Waals surface area contributed by atoms with Gasteiger partial charge >= 0.3 is 0 Å². The summed E-state index contributed by atoms with van der Waals surface area (Å²) in [5.41, 5.74) is 0.943. The lowest BCUT2D eigenvalue weighted by Gasteiger charge is -2.12. The molecule has 0 spiro atoms. The van der Waals surface area contributed by atoms with Gasteiger partial charge in [0.25, 0.3) is 0 Å². The van der Waals surface area contributed by atoms with E-state index in [0.29, 0.717) is 34.9 Å². The second-order valence-corrected chi connectivity index (χ2v) is 8.30. The molecule has 7 heteroatoms. The summed E-state index contributed by atoms with van der Waals surface area (Å²) < 4.78 is 39.2. The zero-order chi connectivity index (χ0) is 20.1. The molecule has 0 unspecified atom stereocenters. The molecule has 5 nitrogen and oxygen atoms in total. The maximum atomic E-state index is 12.8. The van der Waals surface area contributed by atoms with E-state index in [2.05, 4.69) is 4.72 Å². The summed E-state index contributed by atoms with van der Waals surface area (Å²) in [4.78, 5) is 0.180. The summed E-state index contributed by atoms with van der Waals surface area (Å²) in [5, 5.41) is 1.73. The van der Waals surface area contributed by atoms with Gasteiger partial charge in [-0.05, 0) is 48.6 Å². The molecular weight excluding hydrogens is 398 g/mol. The monoisotopic (exact) mass is 419 g/mol. The zero-order valence-corrected chi connectivity index (χ0v) is 17.3. The first-order valence-electron chi connectivity index (χ1n) is 8.93. The van der Waals surface area contributed by atoms with E-state index in [-0.39, 0.29) is 11.4 Å². The molecule has 0 fully saturated rings. The lowest BCUT2D eigenvalue weighted by atomic mass is 10.1. The molecule has 148 valence electrons. The first-order valence-corrected chi connectivity index (χ1v) is 10.8. The fraction of sp³-hybridized carbons (Fsp3) is 0.238. The third-order valence-corrected chi connectivity index (χ3v) is 6.16. The van der Waals surface area contributed by atoms with Gasteiger partial charge < -0.3 is 9.47 Å². The van der Waals surface area contributed by atoms with E-state index in [1.54, 1.807) is 31.4 Å². The van der Waals surface area contributed by atoms with Crippen LogP contribution in [0.25, 0.3) is 10.8 Å². The Labute approximate surface area is 170 Å². The molecule has 3 aromatic carbocycles. The van der Waals surface area contributed by atoms with Crippen molar-refractivity contribution in [2.24, 2.45) is 0 Å². The van der Waals surface area contributed by atoms with E-state index in [1.807, 2.05) is 37.3 Å². The fourth-order valence-corrected chi connectivity index (χ4v) is 4.66. The average Bonchev–Trinajstić information content (AvgIpc) is 2.69. The third kappa shape index (κ3) is 4.41. The molecule has 0 atom stereocenters. The number of nitrogens with one attached hydrogen (secondary N) is 1. The van der Waals surface area contributed by atoms with Crippen LogP contribution < -0.4 is 14.2 Å². The number of benzene rings is 3. The lowest BCUT2D eigenvalue weighted by molar-refractivity contribution is 0.310. The summed E-state index contributed by atoms with van der Waals surface area (Å²) in [6, 6.07) is 16.0. The predicted octanol–water partition coefficient (Wildman–Crippen LogP) is 4.42. The molecule has 0 aliphatic carbocycles. The van der Waals surface area contributed by atoms with Gasteiger partial charge in [0.1, 0.15) is 0 Å². The highest BCUT2D eigenvalue weighted by Gasteiger charge is 2.18. The summed E-state index contributed by atoms with van der Waals surface area (Å²) in [6.45, 7) is 2.70. The van der Waals surface area contributed by atoms with Gasteiger partial charge in [-0.1, -0.05) is 41.9 Å². The molecule has 0 radical (unpaired) electrons. The van der Waals surface area contributed by atoms with E-state index >= 15 is 0 Å². The van der Waals surface area contributed by atoms with Crippen molar-refractivity contribution in [3.05, 3.63) is 65.2 Å². The van der Waals surface area contributed by atoms with Crippen LogP contribution in [0.3, 0.4) is 0 Å². The normalized spacial score (nSPS) is 11.5. The van der Waals surface area contributed by atoms with Crippen molar-refractivity contribution in [1.29, 1.82) is 0 Å². The number of ether oxygens (including phenoxy) is 2. The largest absolute Gasteiger partial charge is 0.493 e. The molecule has 0 bridgehead atoms. The molecule has 0 saturated carbocycles. The maximum absolute atomic E-state index is 12.8. The van der Waals surface area contributed by atoms with Crippen LogP contribution in [0.5, 0.6) is 11.5 Å². The first-order chi connectivity index (χ1) is 13.5. The van der Waals surface area contributed by atoms with Crippen molar-refractivity contribution >= 4 is 32.4 Å². The van der Waals surface area contributed by atoms with Crippen molar-refractivity contribution in [3.8, 4) is 11.5 Å². The predicted molar refractivity (Wildman–Crippen MR) is 112 cm³/mol. The van der Waals surface area contributed by atoms with Gasteiger partial charge in [0.05, 0.1) is 18.6 Å². The SMILES string of the molecule is CCOc1ccc(CCNS(=O)(=O)c2cccc3cccc(Cl)c23)cc1OC. The van der Waals surface area contributed by atoms with Gasteiger partial charge in [-0.3, -0.25) is 0 Å². The maximum Gasteiger partial charge on any atom is 0.241 e. The minimum absolute atomic E-state index is 0.180. The lowest BCUT2D eigenvalue weighted by Crippen LogP contribution is -2.26. The number of methoxy groups -OCH3 is 1. The molecule has 0 aromatic heterocycles. The van der Waals surface area contributed by atoms with Gasteiger partial charge in [-0.25, -0.2) is 13.1 Å². The Kier molecular flexibility index (Phi) is 6.44. The summed E-state index contributed by atoms with van der Waals surface area (Å²) in [7, 11) is -2.12. The highest BCUT2D eigenvalue weighted by molar-refractivity contribution is 7.89. The number of fused-ring (bicyclic) bond motifs is 1. The summed E-state index contributed by atoms with van der Waals surface area (Å²) in [6.07, 6.45) is 0.514. The average molecular weight is 420 g/mol. The molecule has 28 heavy (non-hydrogen) atoms. The molecule has 0 heterocycles. The van der Waals surface area contributed by atoms with Crippen LogP contribution in [0.15, 0.2) is 59.5 Å². The Balaban J connectivity index is 1.76. The number of hydrogen-bond acceptors (Lipinski definition) is 4. The standard InChI is InChI=1S/C21H22ClNO4S/c1-3-27-18-11-10-15(14-19(18)26-2)12-13-23-28(24,25)20-9-5-7-16-6-4-8-17(22)21(16)20/h4-11,14,23H,3,12-13H2,1-2H3. The molecule has 0 amide bonds. The Morgan fingerprint density at radius 1 is 1.04 bits per heavy atom. The molecule has 3 rings (SSSR count). The van der Waals surface area contributed by atoms with Crippen LogP contribution in [0.2, 0.25) is 5.02 Å². The number of halogens is 1. The van der Waals surface area contributed by atoms with Crippen LogP contribution in [0.4, 0.5) is 0 Å². The van der Waals surface area contributed by atoms with Crippen LogP contribution in [-0.4, -0.2) is 28.7 Å². The van der Waals surface area contributed by atoms with E-state index in [1.165, 1.54) is 0 Å². The van der Waals surface area contributed by atoms with Crippen LogP contribution in [0.1, 0.15) is 12.5 Å². The number of hydrogen-bond donors (Lipinski definition) is 1. The third-order valence-electron chi connectivity index (χ3n) is 4.34. The van der Waals surface area contributed by atoms with Gasteiger partial charge in [0, 0.05) is 17.0 Å². The Hall–Kier alpha value is -2.28. The van der Waals surface area contributed by atoms with Crippen LogP contribution >= 0.6 is 11.6 Å². The molecule has 0 aliphatic rings. The molecule has 0 aliphatic heterocycles. The van der Waals surface area contributed by atoms with Crippen molar-refractivity contribution in [2.45, 2.75) is 18.2 Å². The van der Waals surface area contributed by atoms with Crippen LogP contribution in [-0.2, 0) is 16.4 Å². The van der Waals surface area contributed by atoms with E-state index < -0.39 is 10.0 Å². The van der Waals surface area contributed by atoms with Gasteiger partial charge in [-0.2, -0.15) is 0 Å². The van der Waals surface area contributed by atoms with Crippen molar-refractivity contribution in [2.75, 3.05) is 20.3 Å².